The molecule has 47 heavy (non-hydrogen) atoms. The van der Waals surface area contributed by atoms with Gasteiger partial charge in [-0.1, -0.05) is 55.5 Å². The summed E-state index contributed by atoms with van der Waals surface area (Å²) in [5.41, 5.74) is 5.67. The zero-order chi connectivity index (χ0) is 32.3. The fourth-order valence-corrected chi connectivity index (χ4v) is 6.80. The van der Waals surface area contributed by atoms with Crippen molar-refractivity contribution in [1.82, 2.24) is 19.4 Å². The molecule has 0 spiro atoms. The lowest BCUT2D eigenvalue weighted by Gasteiger charge is -2.44. The van der Waals surface area contributed by atoms with Gasteiger partial charge in [-0.15, -0.1) is 0 Å². The van der Waals surface area contributed by atoms with Crippen molar-refractivity contribution < 1.29 is 19.4 Å². The number of likely N-dealkylation sites (tertiary alicyclic amines) is 1. The number of hydrogen-bond acceptors (Lipinski definition) is 7. The van der Waals surface area contributed by atoms with Crippen LogP contribution in [0.25, 0.3) is 11.0 Å². The number of aliphatic hydroxyl groups excluding tert-OH is 1. The van der Waals surface area contributed by atoms with Crippen molar-refractivity contribution in [2.45, 2.75) is 50.9 Å². The number of fused-ring (bicyclic) bond motifs is 1. The van der Waals surface area contributed by atoms with Crippen molar-refractivity contribution >= 4 is 22.6 Å². The van der Waals surface area contributed by atoms with Crippen LogP contribution in [-0.4, -0.2) is 56.2 Å². The second kappa shape index (κ2) is 13.6. The minimum Gasteiger partial charge on any atom is -0.392 e. The van der Waals surface area contributed by atoms with Gasteiger partial charge >= 0.3 is 5.69 Å². The van der Waals surface area contributed by atoms with E-state index in [0.717, 1.165) is 60.2 Å². The molecular weight excluding hydrogens is 594 g/mol. The number of para-hydroxylation sites is 2. The van der Waals surface area contributed by atoms with E-state index < -0.39 is 6.29 Å². The molecule has 2 aliphatic rings. The maximum absolute atomic E-state index is 12.8. The van der Waals surface area contributed by atoms with Crippen molar-refractivity contribution in [3.8, 4) is 0 Å². The van der Waals surface area contributed by atoms with Crippen LogP contribution >= 0.6 is 0 Å². The molecule has 0 radical (unpaired) electrons. The van der Waals surface area contributed by atoms with Crippen LogP contribution in [0.3, 0.4) is 0 Å². The van der Waals surface area contributed by atoms with Gasteiger partial charge in [-0.25, -0.2) is 4.79 Å². The first-order valence-electron chi connectivity index (χ1n) is 16.2. The molecular formula is C37H39N5O5. The number of amides is 1. The van der Waals surface area contributed by atoms with Crippen LogP contribution in [0.5, 0.6) is 0 Å². The van der Waals surface area contributed by atoms with Crippen LogP contribution in [0.15, 0.2) is 102 Å². The van der Waals surface area contributed by atoms with Crippen molar-refractivity contribution in [1.29, 1.82) is 0 Å². The number of aromatic nitrogens is 3. The van der Waals surface area contributed by atoms with E-state index in [0.29, 0.717) is 11.3 Å². The van der Waals surface area contributed by atoms with Gasteiger partial charge in [0.1, 0.15) is 0 Å². The molecule has 242 valence electrons. The van der Waals surface area contributed by atoms with Gasteiger partial charge in [-0.2, -0.15) is 0 Å². The predicted molar refractivity (Wildman–Crippen MR) is 179 cm³/mol. The number of carbonyl (C=O) groups excluding carboxylic acids is 1. The van der Waals surface area contributed by atoms with E-state index in [4.69, 9.17) is 9.47 Å². The maximum atomic E-state index is 12.8. The van der Waals surface area contributed by atoms with Gasteiger partial charge in [0.15, 0.2) is 6.29 Å². The summed E-state index contributed by atoms with van der Waals surface area (Å²) in [4.78, 5) is 34.9. The Balaban J connectivity index is 1.07. The number of imidazole rings is 1. The number of carbonyl (C=O) groups is 1. The molecule has 0 saturated carbocycles. The average Bonchev–Trinajstić information content (AvgIpc) is 3.46. The number of aliphatic hydroxyl groups is 1. The molecule has 1 amide bonds. The molecule has 5 aromatic rings. The minimum absolute atomic E-state index is 0.0139. The maximum Gasteiger partial charge on any atom is 0.326 e. The topological polar surface area (TPSA) is 122 Å². The summed E-state index contributed by atoms with van der Waals surface area (Å²) >= 11 is 0. The molecule has 4 heterocycles. The van der Waals surface area contributed by atoms with Gasteiger partial charge in [-0.3, -0.25) is 14.3 Å². The molecule has 2 aliphatic heterocycles. The van der Waals surface area contributed by atoms with Crippen molar-refractivity contribution in [3.05, 3.63) is 130 Å². The number of pyridine rings is 1. The van der Waals surface area contributed by atoms with E-state index in [2.05, 4.69) is 27.1 Å². The van der Waals surface area contributed by atoms with E-state index in [-0.39, 0.29) is 42.4 Å². The number of nitrogens with one attached hydrogen (secondary N) is 2. The Morgan fingerprint density at radius 2 is 1.70 bits per heavy atom. The third-order valence-corrected chi connectivity index (χ3v) is 9.47. The van der Waals surface area contributed by atoms with Crippen LogP contribution in [0.4, 0.5) is 5.69 Å². The number of piperidine rings is 1. The second-order valence-corrected chi connectivity index (χ2v) is 12.5. The zero-order valence-corrected chi connectivity index (χ0v) is 26.3. The number of benzene rings is 3. The van der Waals surface area contributed by atoms with Crippen molar-refractivity contribution in [3.63, 3.8) is 0 Å². The number of rotatable bonds is 8. The standard InChI is InChI=1S/C37H39N5O5/c1-24-33(22-41-19-16-30(17-20-41)42-32-7-3-2-6-31(32)40-37(42)45)46-36(47-34(24)26-10-8-25(23-43)9-11-26)27-12-14-29(15-13-27)39-35(44)28-5-4-18-38-21-28/h2-15,18,21,24,30,33-34,36,43H,16-17,19-20,22-23H2,1H3,(H,39,44)(H,40,45). The normalized spacial score (nSPS) is 22.3. The Hall–Kier alpha value is -4.61. The van der Waals surface area contributed by atoms with Gasteiger partial charge in [0.25, 0.3) is 5.91 Å². The highest BCUT2D eigenvalue weighted by Crippen LogP contribution is 2.42. The van der Waals surface area contributed by atoms with Crippen LogP contribution < -0.4 is 11.0 Å². The lowest BCUT2D eigenvalue weighted by molar-refractivity contribution is -0.276. The van der Waals surface area contributed by atoms with E-state index in [1.165, 1.54) is 6.20 Å². The number of ether oxygens (including phenoxy) is 2. The molecule has 10 heteroatoms. The SMILES string of the molecule is CC1C(CN2CCC(n3c(=O)[nH]c4ccccc43)CC2)OC(c2ccc(NC(=O)c3cccnc3)cc2)OC1c1ccc(CO)cc1. The van der Waals surface area contributed by atoms with Gasteiger partial charge in [-0.05, 0) is 60.4 Å². The molecule has 7 rings (SSSR count). The molecule has 4 atom stereocenters. The Morgan fingerprint density at radius 1 is 0.957 bits per heavy atom. The van der Waals surface area contributed by atoms with Crippen LogP contribution in [0.1, 0.15) is 65.2 Å². The average molecular weight is 634 g/mol. The lowest BCUT2D eigenvalue weighted by Crippen LogP contribution is -2.47. The monoisotopic (exact) mass is 633 g/mol. The largest absolute Gasteiger partial charge is 0.392 e. The molecule has 2 fully saturated rings. The highest BCUT2D eigenvalue weighted by Gasteiger charge is 2.39. The van der Waals surface area contributed by atoms with Gasteiger partial charge < -0.3 is 29.8 Å². The van der Waals surface area contributed by atoms with E-state index in [1.807, 2.05) is 77.4 Å². The fraction of sp³-hybridized carbons (Fsp3) is 0.324. The summed E-state index contributed by atoms with van der Waals surface area (Å²) < 4.78 is 15.2. The Morgan fingerprint density at radius 3 is 2.43 bits per heavy atom. The number of hydrogen-bond donors (Lipinski definition) is 3. The Kier molecular flexibility index (Phi) is 8.99. The summed E-state index contributed by atoms with van der Waals surface area (Å²) in [6.45, 7) is 4.60. The molecule has 3 aromatic carbocycles. The number of aromatic amines is 1. The molecule has 4 unspecified atom stereocenters. The van der Waals surface area contributed by atoms with E-state index >= 15 is 0 Å². The first-order valence-corrected chi connectivity index (χ1v) is 16.2. The molecule has 2 aromatic heterocycles. The molecule has 0 aliphatic carbocycles. The number of nitrogens with zero attached hydrogens (tertiary/aromatic N) is 3. The van der Waals surface area contributed by atoms with Gasteiger partial charge in [0, 0.05) is 55.2 Å². The Labute approximate surface area is 273 Å². The summed E-state index contributed by atoms with van der Waals surface area (Å²) in [5, 5.41) is 12.5. The summed E-state index contributed by atoms with van der Waals surface area (Å²) in [6.07, 6.45) is 3.97. The summed E-state index contributed by atoms with van der Waals surface area (Å²) in [5.74, 6) is -0.173. The van der Waals surface area contributed by atoms with Crippen LogP contribution in [0.2, 0.25) is 0 Å². The Bertz CT molecular complexity index is 1860. The molecule has 10 nitrogen and oxygen atoms in total. The van der Waals surface area contributed by atoms with Crippen LogP contribution in [-0.2, 0) is 16.1 Å². The van der Waals surface area contributed by atoms with Crippen molar-refractivity contribution in [2.75, 3.05) is 25.0 Å². The lowest BCUT2D eigenvalue weighted by atomic mass is 9.89. The quantitative estimate of drug-likeness (QED) is 0.204. The van der Waals surface area contributed by atoms with E-state index in [9.17, 15) is 14.7 Å². The smallest absolute Gasteiger partial charge is 0.326 e. The molecule has 0 bridgehead atoms. The van der Waals surface area contributed by atoms with E-state index in [1.54, 1.807) is 18.3 Å². The third-order valence-electron chi connectivity index (χ3n) is 9.47. The zero-order valence-electron chi connectivity index (χ0n) is 26.3. The van der Waals surface area contributed by atoms with Gasteiger partial charge in [0.05, 0.1) is 35.4 Å². The third kappa shape index (κ3) is 6.63. The van der Waals surface area contributed by atoms with Crippen molar-refractivity contribution in [2.24, 2.45) is 5.92 Å². The fourth-order valence-electron chi connectivity index (χ4n) is 6.80. The summed E-state index contributed by atoms with van der Waals surface area (Å²) in [6, 6.07) is 26.9. The number of H-pyrrole nitrogens is 1. The highest BCUT2D eigenvalue weighted by atomic mass is 16.7. The molecule has 3 N–H and O–H groups in total. The highest BCUT2D eigenvalue weighted by molar-refractivity contribution is 6.04. The molecule has 2 saturated heterocycles. The minimum atomic E-state index is -0.607. The van der Waals surface area contributed by atoms with Crippen LogP contribution in [0, 0.1) is 5.92 Å². The number of anilines is 1. The van der Waals surface area contributed by atoms with Gasteiger partial charge in [0.2, 0.25) is 0 Å². The second-order valence-electron chi connectivity index (χ2n) is 12.5. The first-order chi connectivity index (χ1) is 23.0. The first kappa shape index (κ1) is 31.0. The summed E-state index contributed by atoms with van der Waals surface area (Å²) in [7, 11) is 0. The predicted octanol–water partition coefficient (Wildman–Crippen LogP) is 5.60.